The third-order valence-corrected chi connectivity index (χ3v) is 4.96. The molecule has 2 aliphatic rings. The first-order valence-corrected chi connectivity index (χ1v) is 8.76. The number of allylic oxidation sites excluding steroid dienone is 1. The van der Waals surface area contributed by atoms with Crippen LogP contribution in [0.25, 0.3) is 5.70 Å². The van der Waals surface area contributed by atoms with Gasteiger partial charge in [0.15, 0.2) is 0 Å². The molecule has 0 atom stereocenters. The molecule has 0 spiro atoms. The van der Waals surface area contributed by atoms with Crippen molar-refractivity contribution < 1.29 is 9.53 Å². The maximum atomic E-state index is 11.7. The number of hydrogen-bond donors (Lipinski definition) is 2. The van der Waals surface area contributed by atoms with Gasteiger partial charge in [0.05, 0.1) is 18.0 Å². The summed E-state index contributed by atoms with van der Waals surface area (Å²) in [7, 11) is 0. The monoisotopic (exact) mass is 343 g/mol. The summed E-state index contributed by atoms with van der Waals surface area (Å²) in [5.41, 5.74) is 2.71. The molecule has 1 aliphatic heterocycles. The summed E-state index contributed by atoms with van der Waals surface area (Å²) >= 11 is 0. The molecule has 1 aromatic heterocycles. The van der Waals surface area contributed by atoms with Crippen LogP contribution in [0, 0.1) is 11.8 Å². The van der Waals surface area contributed by atoms with Gasteiger partial charge in [0.2, 0.25) is 0 Å². The van der Waals surface area contributed by atoms with E-state index < -0.39 is 0 Å². The fourth-order valence-corrected chi connectivity index (χ4v) is 3.74. The highest BCUT2D eigenvalue weighted by Gasteiger charge is 2.30. The summed E-state index contributed by atoms with van der Waals surface area (Å²) in [5, 5.41) is 1.52. The minimum absolute atomic E-state index is 0.0973. The van der Waals surface area contributed by atoms with Gasteiger partial charge in [-0.3, -0.25) is 14.8 Å². The standard InChI is InChI=1S/C18H25N5O2/c1-3-25-15(24)10-12-4-6-13(7-5-12)16(20-2)17-14-8-9-21-18(14)22-11-23(17)19/h8-9,11-13,21H,2-7,10,19H2,1H3/b17-16-. The Balaban J connectivity index is 1.74. The van der Waals surface area contributed by atoms with Crippen LogP contribution in [0.3, 0.4) is 0 Å². The Morgan fingerprint density at radius 2 is 2.24 bits per heavy atom. The fourth-order valence-electron chi connectivity index (χ4n) is 3.74. The molecule has 2 heterocycles. The van der Waals surface area contributed by atoms with E-state index in [2.05, 4.69) is 21.7 Å². The van der Waals surface area contributed by atoms with Crippen molar-refractivity contribution >= 4 is 30.5 Å². The third-order valence-electron chi connectivity index (χ3n) is 4.96. The Morgan fingerprint density at radius 1 is 1.48 bits per heavy atom. The van der Waals surface area contributed by atoms with Gasteiger partial charge in [-0.05, 0) is 51.3 Å². The van der Waals surface area contributed by atoms with E-state index in [0.717, 1.165) is 48.5 Å². The fraction of sp³-hybridized carbons (Fsp3) is 0.500. The first-order valence-electron chi connectivity index (χ1n) is 8.76. The normalized spacial score (nSPS) is 24.6. The number of ether oxygens (including phenoxy) is 1. The number of carbonyl (C=O) groups excluding carboxylic acids is 1. The van der Waals surface area contributed by atoms with Crippen LogP contribution >= 0.6 is 0 Å². The van der Waals surface area contributed by atoms with Crippen molar-refractivity contribution in [2.24, 2.45) is 27.7 Å². The molecule has 1 fully saturated rings. The van der Waals surface area contributed by atoms with Gasteiger partial charge in [0.25, 0.3) is 0 Å². The lowest BCUT2D eigenvalue weighted by atomic mass is 9.78. The SMILES string of the molecule is C=N/C(=C1/c2cc[nH]c2N=CN1N)C1CCC(CC(=O)OCC)CC1. The van der Waals surface area contributed by atoms with E-state index >= 15 is 0 Å². The number of fused-ring (bicyclic) bond motifs is 1. The van der Waals surface area contributed by atoms with Crippen LogP contribution in [0.15, 0.2) is 27.9 Å². The first kappa shape index (κ1) is 17.4. The molecular weight excluding hydrogens is 318 g/mol. The Morgan fingerprint density at radius 3 is 2.92 bits per heavy atom. The number of esters is 1. The number of hydrazine groups is 1. The molecule has 0 radical (unpaired) electrons. The summed E-state index contributed by atoms with van der Waals surface area (Å²) in [6, 6.07) is 1.96. The molecule has 7 heteroatoms. The zero-order valence-electron chi connectivity index (χ0n) is 14.6. The largest absolute Gasteiger partial charge is 0.466 e. The van der Waals surface area contributed by atoms with Crippen LogP contribution in [0.1, 0.15) is 44.6 Å². The van der Waals surface area contributed by atoms with E-state index in [-0.39, 0.29) is 11.9 Å². The number of nitrogens with one attached hydrogen (secondary N) is 1. The van der Waals surface area contributed by atoms with E-state index in [1.165, 1.54) is 5.01 Å². The van der Waals surface area contributed by atoms with Crippen LogP contribution in [-0.4, -0.2) is 35.6 Å². The number of aromatic nitrogens is 1. The summed E-state index contributed by atoms with van der Waals surface area (Å²) in [5.74, 6) is 7.48. The quantitative estimate of drug-likeness (QED) is 0.488. The Bertz CT molecular complexity index is 698. The molecule has 0 bridgehead atoms. The van der Waals surface area contributed by atoms with E-state index in [9.17, 15) is 4.79 Å². The molecule has 1 aliphatic carbocycles. The average Bonchev–Trinajstić information content (AvgIpc) is 3.07. The second-order valence-corrected chi connectivity index (χ2v) is 6.51. The van der Waals surface area contributed by atoms with Crippen molar-refractivity contribution in [3.05, 3.63) is 23.5 Å². The number of rotatable bonds is 5. The maximum absolute atomic E-state index is 11.7. The highest BCUT2D eigenvalue weighted by Crippen LogP contribution is 2.40. The van der Waals surface area contributed by atoms with Crippen molar-refractivity contribution in [1.29, 1.82) is 0 Å². The van der Waals surface area contributed by atoms with Gasteiger partial charge in [0, 0.05) is 24.1 Å². The van der Waals surface area contributed by atoms with Crippen molar-refractivity contribution in [2.75, 3.05) is 6.61 Å². The van der Waals surface area contributed by atoms with Crippen LogP contribution in [0.4, 0.5) is 5.82 Å². The van der Waals surface area contributed by atoms with Crippen LogP contribution in [0.2, 0.25) is 0 Å². The van der Waals surface area contributed by atoms with Crippen molar-refractivity contribution in [3.63, 3.8) is 0 Å². The number of H-pyrrole nitrogens is 1. The predicted molar refractivity (Wildman–Crippen MR) is 98.1 cm³/mol. The topological polar surface area (TPSA) is 96.1 Å². The zero-order chi connectivity index (χ0) is 17.8. The minimum Gasteiger partial charge on any atom is -0.466 e. The molecule has 134 valence electrons. The smallest absolute Gasteiger partial charge is 0.306 e. The van der Waals surface area contributed by atoms with Gasteiger partial charge in [-0.15, -0.1) is 0 Å². The Kier molecular flexibility index (Phi) is 5.33. The Hall–Kier alpha value is -2.41. The highest BCUT2D eigenvalue weighted by molar-refractivity contribution is 5.87. The van der Waals surface area contributed by atoms with Crippen LogP contribution in [0.5, 0.6) is 0 Å². The number of hydrogen-bond acceptors (Lipinski definition) is 6. The molecule has 0 aromatic carbocycles. The molecule has 0 saturated heterocycles. The molecule has 0 amide bonds. The predicted octanol–water partition coefficient (Wildman–Crippen LogP) is 2.99. The second kappa shape index (κ2) is 7.65. The van der Waals surface area contributed by atoms with Gasteiger partial charge in [0.1, 0.15) is 12.2 Å². The van der Waals surface area contributed by atoms with Gasteiger partial charge in [-0.1, -0.05) is 0 Å². The van der Waals surface area contributed by atoms with Gasteiger partial charge in [-0.25, -0.2) is 10.8 Å². The average molecular weight is 343 g/mol. The number of aliphatic imine (C=N–C) groups is 2. The van der Waals surface area contributed by atoms with Crippen LogP contribution in [-0.2, 0) is 9.53 Å². The van der Waals surface area contributed by atoms with E-state index in [1.807, 2.05) is 19.2 Å². The number of nitrogens with zero attached hydrogens (tertiary/aromatic N) is 3. The summed E-state index contributed by atoms with van der Waals surface area (Å²) in [6.07, 6.45) is 7.83. The lowest BCUT2D eigenvalue weighted by Crippen LogP contribution is -2.31. The molecular formula is C18H25N5O2. The number of nitrogens with two attached hydrogens (primary N) is 1. The molecule has 0 unspecified atom stereocenters. The van der Waals surface area contributed by atoms with Gasteiger partial charge < -0.3 is 9.72 Å². The zero-order valence-corrected chi connectivity index (χ0v) is 14.6. The molecule has 3 N–H and O–H groups in total. The summed E-state index contributed by atoms with van der Waals surface area (Å²) in [6.45, 7) is 6.06. The van der Waals surface area contributed by atoms with E-state index in [0.29, 0.717) is 18.9 Å². The molecule has 7 nitrogen and oxygen atoms in total. The van der Waals surface area contributed by atoms with Crippen LogP contribution < -0.4 is 5.84 Å². The lowest BCUT2D eigenvalue weighted by Gasteiger charge is -2.31. The molecule has 3 rings (SSSR count). The van der Waals surface area contributed by atoms with Gasteiger partial charge in [-0.2, -0.15) is 0 Å². The number of aromatic amines is 1. The second-order valence-electron chi connectivity index (χ2n) is 6.51. The summed E-state index contributed by atoms with van der Waals surface area (Å²) in [4.78, 5) is 23.4. The van der Waals surface area contributed by atoms with Gasteiger partial charge >= 0.3 is 5.97 Å². The molecule has 25 heavy (non-hydrogen) atoms. The third kappa shape index (κ3) is 3.66. The Labute approximate surface area is 147 Å². The van der Waals surface area contributed by atoms with Crippen molar-refractivity contribution in [3.8, 4) is 0 Å². The first-order chi connectivity index (χ1) is 12.1. The molecule has 1 saturated carbocycles. The van der Waals surface area contributed by atoms with E-state index in [1.54, 1.807) is 6.34 Å². The molecule has 1 aromatic rings. The van der Waals surface area contributed by atoms with E-state index in [4.69, 9.17) is 10.6 Å². The minimum atomic E-state index is -0.0973. The number of carbonyl (C=O) groups is 1. The summed E-state index contributed by atoms with van der Waals surface area (Å²) < 4.78 is 5.06. The maximum Gasteiger partial charge on any atom is 0.306 e. The highest BCUT2D eigenvalue weighted by atomic mass is 16.5. The van der Waals surface area contributed by atoms with Crippen molar-refractivity contribution in [2.45, 2.75) is 39.0 Å². The van der Waals surface area contributed by atoms with Crippen molar-refractivity contribution in [1.82, 2.24) is 9.99 Å². The lowest BCUT2D eigenvalue weighted by molar-refractivity contribution is -0.144.